The van der Waals surface area contributed by atoms with Crippen molar-refractivity contribution in [2.45, 2.75) is 29.8 Å². The van der Waals surface area contributed by atoms with Gasteiger partial charge in [0, 0.05) is 12.1 Å². The third-order valence-corrected chi connectivity index (χ3v) is 6.80. The van der Waals surface area contributed by atoms with E-state index in [0.717, 1.165) is 24.2 Å². The van der Waals surface area contributed by atoms with Crippen molar-refractivity contribution in [2.75, 3.05) is 20.3 Å². The van der Waals surface area contributed by atoms with Gasteiger partial charge in [0.1, 0.15) is 9.77 Å². The summed E-state index contributed by atoms with van der Waals surface area (Å²) < 4.78 is 37.2. The fraction of sp³-hybridized carbons (Fsp3) is 0.583. The summed E-state index contributed by atoms with van der Waals surface area (Å²) in [6.45, 7) is 0.848. The largest absolute Gasteiger partial charge is 0.465 e. The van der Waals surface area contributed by atoms with E-state index in [1.165, 1.54) is 17.5 Å². The van der Waals surface area contributed by atoms with Gasteiger partial charge in [-0.05, 0) is 24.3 Å². The molecule has 0 unspecified atom stereocenters. The Morgan fingerprint density at radius 2 is 2.05 bits per heavy atom. The van der Waals surface area contributed by atoms with Crippen LogP contribution in [0.25, 0.3) is 0 Å². The first-order valence-electron chi connectivity index (χ1n) is 6.33. The number of sulfonamides is 1. The number of morpholine rings is 1. The molecule has 6 nitrogen and oxygen atoms in total. The summed E-state index contributed by atoms with van der Waals surface area (Å²) in [5, 5.41) is 1.60. The summed E-state index contributed by atoms with van der Waals surface area (Å²) in [7, 11) is -2.43. The van der Waals surface area contributed by atoms with Gasteiger partial charge in [-0.1, -0.05) is 0 Å². The van der Waals surface area contributed by atoms with E-state index in [0.29, 0.717) is 13.2 Å². The maximum atomic E-state index is 12.8. The number of nitrogens with zero attached hydrogens (tertiary/aromatic N) is 1. The first-order valence-corrected chi connectivity index (χ1v) is 8.64. The fourth-order valence-corrected chi connectivity index (χ4v) is 5.99. The highest BCUT2D eigenvalue weighted by Gasteiger charge is 2.46. The molecule has 0 spiro atoms. The minimum atomic E-state index is -3.68. The van der Waals surface area contributed by atoms with Crippen LogP contribution in [0.1, 0.15) is 22.5 Å². The second kappa shape index (κ2) is 5.10. The summed E-state index contributed by atoms with van der Waals surface area (Å²) in [6, 6.07) is 1.23. The number of hydrogen-bond donors (Lipinski definition) is 0. The number of esters is 1. The third-order valence-electron chi connectivity index (χ3n) is 3.73. The van der Waals surface area contributed by atoms with Gasteiger partial charge in [0.15, 0.2) is 0 Å². The minimum Gasteiger partial charge on any atom is -0.465 e. The molecule has 2 fully saturated rings. The summed E-state index contributed by atoms with van der Waals surface area (Å²) >= 11 is 1.08. The molecule has 0 saturated carbocycles. The van der Waals surface area contributed by atoms with Crippen LogP contribution in [-0.2, 0) is 19.5 Å². The van der Waals surface area contributed by atoms with Crippen molar-refractivity contribution in [3.8, 4) is 0 Å². The average molecular weight is 317 g/mol. The van der Waals surface area contributed by atoms with Crippen molar-refractivity contribution in [1.29, 1.82) is 0 Å². The van der Waals surface area contributed by atoms with E-state index in [4.69, 9.17) is 4.74 Å². The molecular formula is C12H15NO5S2. The maximum Gasteiger partial charge on any atom is 0.349 e. The number of ether oxygens (including phenoxy) is 2. The number of rotatable bonds is 3. The highest BCUT2D eigenvalue weighted by Crippen LogP contribution is 2.36. The van der Waals surface area contributed by atoms with Crippen LogP contribution in [0.15, 0.2) is 16.3 Å². The van der Waals surface area contributed by atoms with Gasteiger partial charge in [-0.3, -0.25) is 0 Å². The molecule has 2 atom stereocenters. The van der Waals surface area contributed by atoms with E-state index in [-0.39, 0.29) is 21.9 Å². The molecular weight excluding hydrogens is 302 g/mol. The van der Waals surface area contributed by atoms with Crippen LogP contribution >= 0.6 is 11.3 Å². The molecule has 0 aliphatic carbocycles. The number of hydrogen-bond acceptors (Lipinski definition) is 6. The van der Waals surface area contributed by atoms with Gasteiger partial charge in [0.05, 0.1) is 20.3 Å². The Labute approximate surface area is 121 Å². The van der Waals surface area contributed by atoms with Gasteiger partial charge in [0.25, 0.3) is 0 Å². The van der Waals surface area contributed by atoms with Crippen molar-refractivity contribution in [3.05, 3.63) is 16.3 Å². The second-order valence-corrected chi connectivity index (χ2v) is 7.59. The van der Waals surface area contributed by atoms with E-state index >= 15 is 0 Å². The fourth-order valence-electron chi connectivity index (χ4n) is 2.84. The topological polar surface area (TPSA) is 72.9 Å². The number of methoxy groups -OCH3 is 1. The summed E-state index contributed by atoms with van der Waals surface area (Å²) in [5.74, 6) is -0.612. The highest BCUT2D eigenvalue weighted by atomic mass is 32.2. The lowest BCUT2D eigenvalue weighted by molar-refractivity contribution is 0.0268. The van der Waals surface area contributed by atoms with Crippen LogP contribution < -0.4 is 0 Å². The number of fused-ring (bicyclic) bond motifs is 2. The predicted octanol–water partition coefficient (Wildman–Crippen LogP) is 1.09. The molecule has 2 saturated heterocycles. The van der Waals surface area contributed by atoms with Crippen LogP contribution in [0, 0.1) is 0 Å². The monoisotopic (exact) mass is 317 g/mol. The van der Waals surface area contributed by atoms with Gasteiger partial charge >= 0.3 is 5.97 Å². The van der Waals surface area contributed by atoms with E-state index in [2.05, 4.69) is 4.74 Å². The molecule has 20 heavy (non-hydrogen) atoms. The molecule has 1 aromatic rings. The highest BCUT2D eigenvalue weighted by molar-refractivity contribution is 7.89. The van der Waals surface area contributed by atoms with Gasteiger partial charge < -0.3 is 9.47 Å². The molecule has 2 bridgehead atoms. The Hall–Kier alpha value is -0.960. The predicted molar refractivity (Wildman–Crippen MR) is 72.3 cm³/mol. The maximum absolute atomic E-state index is 12.8. The van der Waals surface area contributed by atoms with Crippen molar-refractivity contribution in [2.24, 2.45) is 0 Å². The van der Waals surface area contributed by atoms with Crippen LogP contribution in [0.5, 0.6) is 0 Å². The van der Waals surface area contributed by atoms with Crippen LogP contribution in [0.3, 0.4) is 0 Å². The Morgan fingerprint density at radius 1 is 1.40 bits per heavy atom. The molecule has 110 valence electrons. The lowest BCUT2D eigenvalue weighted by Crippen LogP contribution is -2.49. The standard InChI is InChI=1S/C12H15NO5S2/c1-17-12(14)11-10(4-5-19-11)20(15,16)13-8-2-3-9(13)7-18-6-8/h4-5,8-9H,2-3,6-7H2,1H3/t8-,9+. The molecule has 0 N–H and O–H groups in total. The zero-order valence-corrected chi connectivity index (χ0v) is 12.6. The second-order valence-electron chi connectivity index (χ2n) is 4.86. The smallest absolute Gasteiger partial charge is 0.349 e. The first kappa shape index (κ1) is 14.0. The normalized spacial score (nSPS) is 26.6. The van der Waals surface area contributed by atoms with E-state index < -0.39 is 16.0 Å². The van der Waals surface area contributed by atoms with E-state index in [1.54, 1.807) is 5.38 Å². The molecule has 3 rings (SSSR count). The molecule has 3 heterocycles. The zero-order valence-electron chi connectivity index (χ0n) is 10.9. The SMILES string of the molecule is COC(=O)c1sccc1S(=O)(=O)N1[C@@H]2CC[C@H]1COC2. The van der Waals surface area contributed by atoms with E-state index in [1.807, 2.05) is 0 Å². The molecule has 0 aromatic carbocycles. The van der Waals surface area contributed by atoms with Crippen LogP contribution in [-0.4, -0.2) is 51.1 Å². The number of thiophene rings is 1. The molecule has 2 aliphatic heterocycles. The van der Waals surface area contributed by atoms with Crippen molar-refractivity contribution < 1.29 is 22.7 Å². The van der Waals surface area contributed by atoms with Crippen molar-refractivity contribution in [1.82, 2.24) is 4.31 Å². The number of carbonyl (C=O) groups is 1. The van der Waals surface area contributed by atoms with Gasteiger partial charge in [-0.15, -0.1) is 11.3 Å². The summed E-state index contributed by atoms with van der Waals surface area (Å²) in [4.78, 5) is 11.9. The molecule has 0 amide bonds. The molecule has 1 aromatic heterocycles. The quantitative estimate of drug-likeness (QED) is 0.780. The van der Waals surface area contributed by atoms with Crippen LogP contribution in [0.4, 0.5) is 0 Å². The summed E-state index contributed by atoms with van der Waals surface area (Å²) in [6.07, 6.45) is 1.61. The zero-order chi connectivity index (χ0) is 14.3. The summed E-state index contributed by atoms with van der Waals surface area (Å²) in [5.41, 5.74) is 0. The first-order chi connectivity index (χ1) is 9.55. The van der Waals surface area contributed by atoms with Crippen molar-refractivity contribution >= 4 is 27.3 Å². The van der Waals surface area contributed by atoms with Gasteiger partial charge in [-0.2, -0.15) is 4.31 Å². The van der Waals surface area contributed by atoms with Crippen LogP contribution in [0.2, 0.25) is 0 Å². The molecule has 0 radical (unpaired) electrons. The van der Waals surface area contributed by atoms with Gasteiger partial charge in [0.2, 0.25) is 10.0 Å². The third kappa shape index (κ3) is 2.07. The lowest BCUT2D eigenvalue weighted by Gasteiger charge is -2.33. The average Bonchev–Trinajstić information content (AvgIpc) is 3.02. The van der Waals surface area contributed by atoms with Crippen molar-refractivity contribution in [3.63, 3.8) is 0 Å². The molecule has 8 heteroatoms. The van der Waals surface area contributed by atoms with Gasteiger partial charge in [-0.25, -0.2) is 13.2 Å². The Bertz CT molecular complexity index is 608. The van der Waals surface area contributed by atoms with E-state index in [9.17, 15) is 13.2 Å². The Morgan fingerprint density at radius 3 is 2.65 bits per heavy atom. The Kier molecular flexibility index (Phi) is 3.57. The number of carbonyl (C=O) groups excluding carboxylic acids is 1. The minimum absolute atomic E-state index is 0.0492. The lowest BCUT2D eigenvalue weighted by atomic mass is 10.2. The Balaban J connectivity index is 2.01. The molecule has 2 aliphatic rings.